The number of anilines is 1. The molecule has 3 nitrogen and oxygen atoms in total. The Bertz CT molecular complexity index is 430. The summed E-state index contributed by atoms with van der Waals surface area (Å²) in [7, 11) is 0. The average Bonchev–Trinajstić information content (AvgIpc) is 2.62. The van der Waals surface area contributed by atoms with Crippen LogP contribution in [0.15, 0.2) is 17.6 Å². The van der Waals surface area contributed by atoms with Crippen LogP contribution >= 0.6 is 34.5 Å². The lowest BCUT2D eigenvalue weighted by Gasteiger charge is -1.96. The molecule has 0 unspecified atom stereocenters. The van der Waals surface area contributed by atoms with Crippen LogP contribution in [0.5, 0.6) is 0 Å². The highest BCUT2D eigenvalue weighted by atomic mass is 35.5. The number of hydrogen-bond acceptors (Lipinski definition) is 3. The summed E-state index contributed by atoms with van der Waals surface area (Å²) in [5, 5.41) is 6.50. The fourth-order valence-electron chi connectivity index (χ4n) is 1.11. The van der Waals surface area contributed by atoms with Crippen LogP contribution in [0.3, 0.4) is 0 Å². The van der Waals surface area contributed by atoms with E-state index in [2.05, 4.69) is 5.10 Å². The van der Waals surface area contributed by atoms with Crippen LogP contribution in [0.25, 0.3) is 0 Å². The van der Waals surface area contributed by atoms with Crippen molar-refractivity contribution in [3.63, 3.8) is 0 Å². The zero-order chi connectivity index (χ0) is 10.1. The summed E-state index contributed by atoms with van der Waals surface area (Å²) in [6.07, 6.45) is 1.70. The lowest BCUT2D eigenvalue weighted by molar-refractivity contribution is 0.692. The van der Waals surface area contributed by atoms with E-state index in [1.807, 2.05) is 11.4 Å². The summed E-state index contributed by atoms with van der Waals surface area (Å²) in [6.45, 7) is 0.639. The standard InChI is InChI=1S/C8H7Cl2N3S/c9-6-3-13(12-8(6)11)2-5-1-7(10)14-4-5/h1,3-4H,2H2,(H2,11,12). The number of halogens is 2. The predicted octanol–water partition coefficient (Wildman–Crippen LogP) is 2.88. The number of rotatable bonds is 2. The van der Waals surface area contributed by atoms with Crippen LogP contribution < -0.4 is 5.73 Å². The SMILES string of the molecule is Nc1nn(Cc2csc(Cl)c2)cc1Cl. The molecule has 2 aromatic rings. The maximum atomic E-state index is 5.80. The normalized spacial score (nSPS) is 10.7. The van der Waals surface area contributed by atoms with Crippen molar-refractivity contribution in [3.8, 4) is 0 Å². The molecule has 0 radical (unpaired) electrons. The summed E-state index contributed by atoms with van der Waals surface area (Å²) in [5.41, 5.74) is 6.61. The van der Waals surface area contributed by atoms with E-state index in [-0.39, 0.29) is 0 Å². The Morgan fingerprint density at radius 3 is 2.79 bits per heavy atom. The van der Waals surface area contributed by atoms with Gasteiger partial charge in [0.1, 0.15) is 5.02 Å². The first-order valence-electron chi connectivity index (χ1n) is 3.86. The first kappa shape index (κ1) is 9.83. The van der Waals surface area contributed by atoms with Crippen LogP contribution in [0.1, 0.15) is 5.56 Å². The molecule has 0 saturated heterocycles. The van der Waals surface area contributed by atoms with Gasteiger partial charge >= 0.3 is 0 Å². The second-order valence-electron chi connectivity index (χ2n) is 2.82. The minimum absolute atomic E-state index is 0.355. The predicted molar refractivity (Wildman–Crippen MR) is 60.1 cm³/mol. The van der Waals surface area contributed by atoms with E-state index in [0.29, 0.717) is 17.4 Å². The van der Waals surface area contributed by atoms with Gasteiger partial charge in [-0.3, -0.25) is 4.68 Å². The second kappa shape index (κ2) is 3.81. The summed E-state index contributed by atoms with van der Waals surface area (Å²) >= 11 is 13.1. The zero-order valence-electron chi connectivity index (χ0n) is 7.08. The smallest absolute Gasteiger partial charge is 0.164 e. The molecule has 0 aliphatic carbocycles. The van der Waals surface area contributed by atoms with Crippen molar-refractivity contribution in [2.24, 2.45) is 0 Å². The van der Waals surface area contributed by atoms with Crippen molar-refractivity contribution < 1.29 is 0 Å². The summed E-state index contributed by atoms with van der Waals surface area (Å²) in [6, 6.07) is 1.90. The van der Waals surface area contributed by atoms with Crippen molar-refractivity contribution in [2.45, 2.75) is 6.54 Å². The highest BCUT2D eigenvalue weighted by Crippen LogP contribution is 2.22. The summed E-state index contributed by atoms with van der Waals surface area (Å²) in [5.74, 6) is 0.355. The molecule has 74 valence electrons. The Hall–Kier alpha value is -0.710. The van der Waals surface area contributed by atoms with E-state index >= 15 is 0 Å². The quantitative estimate of drug-likeness (QED) is 0.887. The third kappa shape index (κ3) is 2.03. The molecule has 0 spiro atoms. The molecule has 0 bridgehead atoms. The van der Waals surface area contributed by atoms with Gasteiger partial charge in [-0.1, -0.05) is 23.2 Å². The van der Waals surface area contributed by atoms with Crippen LogP contribution in [-0.4, -0.2) is 9.78 Å². The van der Waals surface area contributed by atoms with E-state index in [4.69, 9.17) is 28.9 Å². The fraction of sp³-hybridized carbons (Fsp3) is 0.125. The maximum absolute atomic E-state index is 5.80. The highest BCUT2D eigenvalue weighted by molar-refractivity contribution is 7.14. The van der Waals surface area contributed by atoms with Gasteiger partial charge in [-0.25, -0.2) is 0 Å². The number of nitrogens with zero attached hydrogens (tertiary/aromatic N) is 2. The van der Waals surface area contributed by atoms with Gasteiger partial charge in [-0.2, -0.15) is 5.10 Å². The number of nitrogen functional groups attached to an aromatic ring is 1. The Morgan fingerprint density at radius 1 is 1.50 bits per heavy atom. The molecular weight excluding hydrogens is 241 g/mol. The van der Waals surface area contributed by atoms with Crippen molar-refractivity contribution >= 4 is 40.4 Å². The van der Waals surface area contributed by atoms with Crippen LogP contribution in [-0.2, 0) is 6.54 Å². The first-order valence-corrected chi connectivity index (χ1v) is 5.50. The minimum atomic E-state index is 0.355. The third-order valence-corrected chi connectivity index (χ3v) is 3.14. The van der Waals surface area contributed by atoms with E-state index in [1.54, 1.807) is 10.9 Å². The molecule has 14 heavy (non-hydrogen) atoms. The Morgan fingerprint density at radius 2 is 2.29 bits per heavy atom. The van der Waals surface area contributed by atoms with Gasteiger partial charge in [0, 0.05) is 6.20 Å². The first-order chi connectivity index (χ1) is 6.65. The Balaban J connectivity index is 2.18. The molecule has 2 rings (SSSR count). The molecule has 0 atom stereocenters. The summed E-state index contributed by atoms with van der Waals surface area (Å²) < 4.78 is 2.46. The minimum Gasteiger partial charge on any atom is -0.381 e. The van der Waals surface area contributed by atoms with Gasteiger partial charge < -0.3 is 5.73 Å². The number of nitrogens with two attached hydrogens (primary N) is 1. The molecule has 6 heteroatoms. The number of hydrogen-bond donors (Lipinski definition) is 1. The van der Waals surface area contributed by atoms with Crippen molar-refractivity contribution in [1.82, 2.24) is 9.78 Å². The van der Waals surface area contributed by atoms with E-state index in [0.717, 1.165) is 9.90 Å². The number of thiophene rings is 1. The Kier molecular flexibility index (Phi) is 2.67. The topological polar surface area (TPSA) is 43.8 Å². The van der Waals surface area contributed by atoms with E-state index in [1.165, 1.54) is 11.3 Å². The zero-order valence-corrected chi connectivity index (χ0v) is 9.40. The van der Waals surface area contributed by atoms with Gasteiger partial charge in [-0.05, 0) is 17.0 Å². The van der Waals surface area contributed by atoms with Gasteiger partial charge in [0.15, 0.2) is 5.82 Å². The van der Waals surface area contributed by atoms with Crippen molar-refractivity contribution in [2.75, 3.05) is 5.73 Å². The lowest BCUT2D eigenvalue weighted by Crippen LogP contribution is -1.99. The van der Waals surface area contributed by atoms with Gasteiger partial charge in [0.05, 0.1) is 10.9 Å². The molecular formula is C8H7Cl2N3S. The number of aromatic nitrogens is 2. The second-order valence-corrected chi connectivity index (χ2v) is 4.77. The molecule has 2 N–H and O–H groups in total. The fourth-order valence-corrected chi connectivity index (χ4v) is 2.16. The molecule has 0 aromatic carbocycles. The monoisotopic (exact) mass is 247 g/mol. The van der Waals surface area contributed by atoms with E-state index in [9.17, 15) is 0 Å². The molecule has 0 saturated carbocycles. The van der Waals surface area contributed by atoms with Gasteiger partial charge in [-0.15, -0.1) is 11.3 Å². The van der Waals surface area contributed by atoms with Crippen LogP contribution in [0.4, 0.5) is 5.82 Å². The van der Waals surface area contributed by atoms with Crippen molar-refractivity contribution in [1.29, 1.82) is 0 Å². The van der Waals surface area contributed by atoms with Gasteiger partial charge in [0.2, 0.25) is 0 Å². The molecule has 2 heterocycles. The molecule has 0 amide bonds. The van der Waals surface area contributed by atoms with E-state index < -0.39 is 0 Å². The molecule has 0 fully saturated rings. The molecule has 0 aliphatic heterocycles. The average molecular weight is 248 g/mol. The molecule has 2 aromatic heterocycles. The largest absolute Gasteiger partial charge is 0.381 e. The molecule has 0 aliphatic rings. The van der Waals surface area contributed by atoms with Crippen LogP contribution in [0.2, 0.25) is 9.36 Å². The Labute approximate surface area is 95.0 Å². The summed E-state index contributed by atoms with van der Waals surface area (Å²) in [4.78, 5) is 0. The lowest BCUT2D eigenvalue weighted by atomic mass is 10.3. The highest BCUT2D eigenvalue weighted by Gasteiger charge is 2.04. The third-order valence-electron chi connectivity index (χ3n) is 1.71. The maximum Gasteiger partial charge on any atom is 0.164 e. The van der Waals surface area contributed by atoms with Crippen molar-refractivity contribution in [3.05, 3.63) is 32.6 Å². The van der Waals surface area contributed by atoms with Gasteiger partial charge in [0.25, 0.3) is 0 Å². The van der Waals surface area contributed by atoms with Crippen LogP contribution in [0, 0.1) is 0 Å².